The molecule has 27 heavy (non-hydrogen) atoms. The second kappa shape index (κ2) is 7.19. The number of benzene rings is 2. The topological polar surface area (TPSA) is 64.0 Å². The summed E-state index contributed by atoms with van der Waals surface area (Å²) in [5.74, 6) is 0.0831. The Hall–Kier alpha value is -2.60. The fraction of sp³-hybridized carbons (Fsp3) is 0.286. The Morgan fingerprint density at radius 3 is 2.63 bits per heavy atom. The van der Waals surface area contributed by atoms with Crippen molar-refractivity contribution < 1.29 is 8.42 Å². The second-order valence-electron chi connectivity index (χ2n) is 6.89. The maximum Gasteiger partial charge on any atom is 0.178 e. The van der Waals surface area contributed by atoms with Crippen molar-refractivity contribution in [2.75, 3.05) is 11.1 Å². The van der Waals surface area contributed by atoms with Crippen LogP contribution in [0.5, 0.6) is 0 Å². The van der Waals surface area contributed by atoms with E-state index in [1.165, 1.54) is 12.8 Å². The molecule has 0 atom stereocenters. The van der Waals surface area contributed by atoms with Crippen LogP contribution in [0.4, 0.5) is 5.69 Å². The fourth-order valence-corrected chi connectivity index (χ4v) is 4.00. The van der Waals surface area contributed by atoms with Crippen molar-refractivity contribution in [1.82, 2.24) is 9.55 Å². The Balaban J connectivity index is 1.70. The molecule has 1 saturated carbocycles. The second-order valence-corrected chi connectivity index (χ2v) is 9.17. The highest BCUT2D eigenvalue weighted by Gasteiger charge is 2.24. The number of nitrogens with zero attached hydrogens (tertiary/aromatic N) is 2. The van der Waals surface area contributed by atoms with Gasteiger partial charge in [0.1, 0.15) is 0 Å². The SMILES string of the molecule is CCS(=O)(=O)c1ccc(NCc2ccccc2)c(-c2cn(C3CC3)cn2)c1. The summed E-state index contributed by atoms with van der Waals surface area (Å²) in [6.45, 7) is 2.33. The molecule has 0 bridgehead atoms. The van der Waals surface area contributed by atoms with Crippen LogP contribution in [0.3, 0.4) is 0 Å². The van der Waals surface area contributed by atoms with Gasteiger partial charge in [-0.2, -0.15) is 0 Å². The Morgan fingerprint density at radius 2 is 1.93 bits per heavy atom. The zero-order chi connectivity index (χ0) is 18.9. The molecule has 0 saturated heterocycles. The maximum atomic E-state index is 12.4. The van der Waals surface area contributed by atoms with Crippen molar-refractivity contribution in [3.8, 4) is 11.3 Å². The molecule has 0 unspecified atom stereocenters. The van der Waals surface area contributed by atoms with E-state index in [1.807, 2.05) is 36.8 Å². The van der Waals surface area contributed by atoms with Gasteiger partial charge in [-0.25, -0.2) is 13.4 Å². The molecule has 0 amide bonds. The third-order valence-electron chi connectivity index (χ3n) is 4.90. The number of sulfone groups is 1. The number of hydrogen-bond donors (Lipinski definition) is 1. The summed E-state index contributed by atoms with van der Waals surface area (Å²) in [5, 5.41) is 3.43. The number of imidazole rings is 1. The molecule has 1 fully saturated rings. The van der Waals surface area contributed by atoms with Crippen LogP contribution in [0.1, 0.15) is 31.4 Å². The third kappa shape index (κ3) is 3.90. The van der Waals surface area contributed by atoms with E-state index >= 15 is 0 Å². The lowest BCUT2D eigenvalue weighted by atomic mass is 10.1. The Bertz CT molecular complexity index is 1040. The highest BCUT2D eigenvalue weighted by atomic mass is 32.2. The standard InChI is InChI=1S/C21H23N3O2S/c1-2-27(25,26)18-10-11-20(22-13-16-6-4-3-5-7-16)19(12-18)21-14-24(15-23-21)17-8-9-17/h3-7,10-12,14-15,17,22H,2,8-9,13H2,1H3. The van der Waals surface area contributed by atoms with E-state index in [0.717, 1.165) is 22.5 Å². The predicted octanol–water partition coefficient (Wildman–Crippen LogP) is 4.29. The lowest BCUT2D eigenvalue weighted by Crippen LogP contribution is -2.06. The molecule has 3 aromatic rings. The highest BCUT2D eigenvalue weighted by molar-refractivity contribution is 7.91. The quantitative estimate of drug-likeness (QED) is 0.663. The van der Waals surface area contributed by atoms with E-state index in [1.54, 1.807) is 19.1 Å². The Labute approximate surface area is 160 Å². The van der Waals surface area contributed by atoms with Gasteiger partial charge in [-0.1, -0.05) is 37.3 Å². The van der Waals surface area contributed by atoms with Crippen molar-refractivity contribution in [3.63, 3.8) is 0 Å². The van der Waals surface area contributed by atoms with Gasteiger partial charge in [0.05, 0.1) is 22.7 Å². The van der Waals surface area contributed by atoms with E-state index in [2.05, 4.69) is 27.0 Å². The Morgan fingerprint density at radius 1 is 1.15 bits per heavy atom. The van der Waals surface area contributed by atoms with E-state index in [9.17, 15) is 8.42 Å². The summed E-state index contributed by atoms with van der Waals surface area (Å²) in [6.07, 6.45) is 6.22. The molecule has 5 nitrogen and oxygen atoms in total. The average Bonchev–Trinajstić information content (AvgIpc) is 3.44. The van der Waals surface area contributed by atoms with Gasteiger partial charge < -0.3 is 9.88 Å². The number of nitrogens with one attached hydrogen (secondary N) is 1. The van der Waals surface area contributed by atoms with Crippen molar-refractivity contribution in [2.24, 2.45) is 0 Å². The van der Waals surface area contributed by atoms with Crippen LogP contribution in [0.2, 0.25) is 0 Å². The molecule has 1 aromatic heterocycles. The van der Waals surface area contributed by atoms with E-state index < -0.39 is 9.84 Å². The van der Waals surface area contributed by atoms with Crippen LogP contribution in [-0.2, 0) is 16.4 Å². The van der Waals surface area contributed by atoms with E-state index in [0.29, 0.717) is 17.5 Å². The molecule has 0 aliphatic heterocycles. The fourth-order valence-electron chi connectivity index (χ4n) is 3.09. The molecule has 1 aliphatic carbocycles. The minimum atomic E-state index is -3.27. The summed E-state index contributed by atoms with van der Waals surface area (Å²) in [6, 6.07) is 15.9. The number of aromatic nitrogens is 2. The summed E-state index contributed by atoms with van der Waals surface area (Å²) < 4.78 is 26.8. The minimum absolute atomic E-state index is 0.0831. The summed E-state index contributed by atoms with van der Waals surface area (Å²) in [7, 11) is -3.27. The Kier molecular flexibility index (Phi) is 4.74. The van der Waals surface area contributed by atoms with Crippen LogP contribution in [0, 0.1) is 0 Å². The van der Waals surface area contributed by atoms with Gasteiger partial charge in [0.2, 0.25) is 0 Å². The lowest BCUT2D eigenvalue weighted by molar-refractivity contribution is 0.597. The lowest BCUT2D eigenvalue weighted by Gasteiger charge is -2.13. The van der Waals surface area contributed by atoms with Gasteiger partial charge in [-0.05, 0) is 36.6 Å². The normalized spacial score (nSPS) is 14.3. The molecule has 4 rings (SSSR count). The number of anilines is 1. The van der Waals surface area contributed by atoms with Crippen molar-refractivity contribution in [3.05, 3.63) is 66.6 Å². The first kappa shape index (κ1) is 17.8. The van der Waals surface area contributed by atoms with E-state index in [4.69, 9.17) is 0 Å². The number of rotatable bonds is 7. The van der Waals surface area contributed by atoms with Gasteiger partial charge in [0.15, 0.2) is 9.84 Å². The van der Waals surface area contributed by atoms with Gasteiger partial charge in [0, 0.05) is 30.0 Å². The van der Waals surface area contributed by atoms with Gasteiger partial charge in [0.25, 0.3) is 0 Å². The molecule has 0 spiro atoms. The van der Waals surface area contributed by atoms with Crippen LogP contribution in [0.15, 0.2) is 66.0 Å². The predicted molar refractivity (Wildman–Crippen MR) is 107 cm³/mol. The molecular weight excluding hydrogens is 358 g/mol. The van der Waals surface area contributed by atoms with Crippen LogP contribution in [-0.4, -0.2) is 23.7 Å². The summed E-state index contributed by atoms with van der Waals surface area (Å²) in [4.78, 5) is 4.88. The monoisotopic (exact) mass is 381 g/mol. The first-order valence-electron chi connectivity index (χ1n) is 9.25. The van der Waals surface area contributed by atoms with Crippen LogP contribution in [0.25, 0.3) is 11.3 Å². The first-order chi connectivity index (χ1) is 13.1. The van der Waals surface area contributed by atoms with Crippen molar-refractivity contribution in [2.45, 2.75) is 37.2 Å². The van der Waals surface area contributed by atoms with Gasteiger partial charge >= 0.3 is 0 Å². The smallest absolute Gasteiger partial charge is 0.178 e. The van der Waals surface area contributed by atoms with Crippen LogP contribution >= 0.6 is 0 Å². The minimum Gasteiger partial charge on any atom is -0.380 e. The molecule has 1 N–H and O–H groups in total. The summed E-state index contributed by atoms with van der Waals surface area (Å²) >= 11 is 0. The molecule has 0 radical (unpaired) electrons. The molecule has 140 valence electrons. The maximum absolute atomic E-state index is 12.4. The first-order valence-corrected chi connectivity index (χ1v) is 10.9. The zero-order valence-electron chi connectivity index (χ0n) is 15.3. The molecule has 1 heterocycles. The molecular formula is C21H23N3O2S. The van der Waals surface area contributed by atoms with Crippen LogP contribution < -0.4 is 5.32 Å². The van der Waals surface area contributed by atoms with Crippen molar-refractivity contribution in [1.29, 1.82) is 0 Å². The van der Waals surface area contributed by atoms with Gasteiger partial charge in [-0.15, -0.1) is 0 Å². The van der Waals surface area contributed by atoms with Gasteiger partial charge in [-0.3, -0.25) is 0 Å². The molecule has 1 aliphatic rings. The average molecular weight is 382 g/mol. The number of hydrogen-bond acceptors (Lipinski definition) is 4. The molecule has 2 aromatic carbocycles. The van der Waals surface area contributed by atoms with E-state index in [-0.39, 0.29) is 5.75 Å². The van der Waals surface area contributed by atoms with Crippen molar-refractivity contribution >= 4 is 15.5 Å². The zero-order valence-corrected chi connectivity index (χ0v) is 16.1. The largest absolute Gasteiger partial charge is 0.380 e. The highest BCUT2D eigenvalue weighted by Crippen LogP contribution is 2.37. The molecule has 6 heteroatoms. The third-order valence-corrected chi connectivity index (χ3v) is 6.63. The summed E-state index contributed by atoms with van der Waals surface area (Å²) in [5.41, 5.74) is 3.66.